The largest absolute Gasteiger partial charge is 0.492 e. The molecular weight excluding hydrogens is 411 g/mol. The standard InChI is InChI=1S/C20H24N6O.2ClH/c27-19-17(12-14-13-22-18-16(14)4-3-7-21-18)23-20(24-19)26-10-5-15(6-11-26)25-8-1-2-9-25;;/h3-4,7,12-13,15,27H,1-2,5-6,8-11H2,(H,23,24);2*1H/b14-12+;;. The lowest BCUT2D eigenvalue weighted by atomic mass is 10.0. The van der Waals surface area contributed by atoms with Crippen molar-refractivity contribution in [2.75, 3.05) is 31.1 Å². The maximum absolute atomic E-state index is 10.3. The number of likely N-dealkylation sites (tertiary alicyclic amines) is 1. The van der Waals surface area contributed by atoms with E-state index < -0.39 is 0 Å². The first kappa shape index (κ1) is 21.6. The van der Waals surface area contributed by atoms with Crippen molar-refractivity contribution in [1.29, 1.82) is 0 Å². The molecule has 3 aliphatic heterocycles. The zero-order valence-corrected chi connectivity index (χ0v) is 17.8. The molecule has 2 aromatic heterocycles. The van der Waals surface area contributed by atoms with Gasteiger partial charge in [-0.25, -0.2) is 9.98 Å². The number of hydrogen-bond acceptors (Lipinski definition) is 6. The van der Waals surface area contributed by atoms with Gasteiger partial charge in [-0.2, -0.15) is 4.98 Å². The van der Waals surface area contributed by atoms with Crippen molar-refractivity contribution in [3.05, 3.63) is 29.6 Å². The molecule has 0 aromatic carbocycles. The summed E-state index contributed by atoms with van der Waals surface area (Å²) in [5.74, 6) is 1.50. The Morgan fingerprint density at radius 2 is 1.86 bits per heavy atom. The summed E-state index contributed by atoms with van der Waals surface area (Å²) in [5, 5.41) is 10.3. The summed E-state index contributed by atoms with van der Waals surface area (Å²) >= 11 is 0. The highest BCUT2D eigenvalue weighted by Gasteiger charge is 2.28. The summed E-state index contributed by atoms with van der Waals surface area (Å²) in [6, 6.07) is 4.58. The molecule has 0 bridgehead atoms. The number of allylic oxidation sites excluding steroid dienone is 1. The zero-order valence-electron chi connectivity index (χ0n) is 16.1. The van der Waals surface area contributed by atoms with Gasteiger partial charge in [0.05, 0.1) is 0 Å². The fourth-order valence-corrected chi connectivity index (χ4v) is 4.36. The number of halogens is 2. The molecule has 5 rings (SSSR count). The highest BCUT2D eigenvalue weighted by Crippen LogP contribution is 2.32. The molecule has 2 fully saturated rings. The molecule has 156 valence electrons. The Morgan fingerprint density at radius 1 is 1.10 bits per heavy atom. The van der Waals surface area contributed by atoms with Crippen LogP contribution in [-0.4, -0.2) is 63.4 Å². The number of nitrogens with zero attached hydrogens (tertiary/aromatic N) is 5. The minimum absolute atomic E-state index is 0. The van der Waals surface area contributed by atoms with Crippen LogP contribution in [0.25, 0.3) is 11.6 Å². The lowest BCUT2D eigenvalue weighted by molar-refractivity contribution is 0.207. The summed E-state index contributed by atoms with van der Waals surface area (Å²) in [4.78, 5) is 21.1. The van der Waals surface area contributed by atoms with E-state index in [0.717, 1.165) is 43.0 Å². The van der Waals surface area contributed by atoms with Gasteiger partial charge < -0.3 is 19.9 Å². The Kier molecular flexibility index (Phi) is 6.82. The highest BCUT2D eigenvalue weighted by molar-refractivity contribution is 6.20. The topological polar surface area (TPSA) is 80.6 Å². The Bertz CT molecular complexity index is 898. The van der Waals surface area contributed by atoms with E-state index in [1.165, 1.54) is 25.9 Å². The number of imidazole rings is 1. The second-order valence-electron chi connectivity index (χ2n) is 7.49. The molecule has 0 atom stereocenters. The number of aromatic amines is 1. The van der Waals surface area contributed by atoms with Crippen molar-refractivity contribution in [2.24, 2.45) is 4.99 Å². The maximum atomic E-state index is 10.3. The van der Waals surface area contributed by atoms with Crippen molar-refractivity contribution in [3.63, 3.8) is 0 Å². The van der Waals surface area contributed by atoms with E-state index in [1.807, 2.05) is 18.2 Å². The Hall–Kier alpha value is -2.09. The predicted octanol–water partition coefficient (Wildman–Crippen LogP) is 3.68. The van der Waals surface area contributed by atoms with E-state index in [1.54, 1.807) is 12.4 Å². The van der Waals surface area contributed by atoms with E-state index in [2.05, 4.69) is 29.7 Å². The first-order chi connectivity index (χ1) is 13.3. The molecule has 29 heavy (non-hydrogen) atoms. The van der Waals surface area contributed by atoms with Crippen molar-refractivity contribution >= 4 is 54.4 Å². The summed E-state index contributed by atoms with van der Waals surface area (Å²) < 4.78 is 0. The van der Waals surface area contributed by atoms with Crippen LogP contribution in [0.1, 0.15) is 36.9 Å². The molecule has 0 radical (unpaired) electrons. The molecule has 9 heteroatoms. The molecular formula is C20H26Cl2N6O. The fourth-order valence-electron chi connectivity index (χ4n) is 4.36. The lowest BCUT2D eigenvalue weighted by Crippen LogP contribution is -2.44. The lowest BCUT2D eigenvalue weighted by Gasteiger charge is -2.36. The molecule has 7 nitrogen and oxygen atoms in total. The third kappa shape index (κ3) is 4.27. The van der Waals surface area contributed by atoms with E-state index in [0.29, 0.717) is 17.6 Å². The average Bonchev–Trinajstić information content (AvgIpc) is 3.44. The normalized spacial score (nSPS) is 20.6. The van der Waals surface area contributed by atoms with Gasteiger partial charge in [0.15, 0.2) is 5.82 Å². The van der Waals surface area contributed by atoms with Gasteiger partial charge >= 0.3 is 0 Å². The number of rotatable bonds is 3. The van der Waals surface area contributed by atoms with Gasteiger partial charge in [0.25, 0.3) is 0 Å². The molecule has 0 aliphatic carbocycles. The molecule has 3 aliphatic rings. The van der Waals surface area contributed by atoms with Crippen LogP contribution in [0.2, 0.25) is 0 Å². The van der Waals surface area contributed by atoms with Crippen LogP contribution in [0, 0.1) is 0 Å². The first-order valence-electron chi connectivity index (χ1n) is 9.77. The van der Waals surface area contributed by atoms with Gasteiger partial charge in [0, 0.05) is 42.7 Å². The summed E-state index contributed by atoms with van der Waals surface area (Å²) in [6.07, 6.45) is 10.4. The Labute approximate surface area is 182 Å². The summed E-state index contributed by atoms with van der Waals surface area (Å²) in [5.41, 5.74) is 2.51. The second-order valence-corrected chi connectivity index (χ2v) is 7.49. The number of aromatic nitrogens is 3. The van der Waals surface area contributed by atoms with Crippen LogP contribution < -0.4 is 4.90 Å². The van der Waals surface area contributed by atoms with Gasteiger partial charge in [-0.15, -0.1) is 24.8 Å². The van der Waals surface area contributed by atoms with Crippen LogP contribution in [0.15, 0.2) is 23.3 Å². The number of aliphatic imine (C=N–C) groups is 1. The monoisotopic (exact) mass is 436 g/mol. The Morgan fingerprint density at radius 3 is 2.62 bits per heavy atom. The minimum atomic E-state index is 0. The quantitative estimate of drug-likeness (QED) is 0.766. The van der Waals surface area contributed by atoms with E-state index in [9.17, 15) is 5.11 Å². The summed E-state index contributed by atoms with van der Waals surface area (Å²) in [7, 11) is 0. The number of nitrogens with one attached hydrogen (secondary N) is 1. The molecule has 0 amide bonds. The number of hydrogen-bond donors (Lipinski definition) is 2. The van der Waals surface area contributed by atoms with Crippen LogP contribution in [-0.2, 0) is 0 Å². The third-order valence-electron chi connectivity index (χ3n) is 5.84. The third-order valence-corrected chi connectivity index (χ3v) is 5.84. The minimum Gasteiger partial charge on any atom is -0.492 e. The molecule has 2 N–H and O–H groups in total. The number of fused-ring (bicyclic) bond motifs is 1. The fraction of sp³-hybridized carbons (Fsp3) is 0.450. The van der Waals surface area contributed by atoms with Crippen LogP contribution in [0.3, 0.4) is 0 Å². The molecule has 0 saturated carbocycles. The van der Waals surface area contributed by atoms with Crippen molar-refractivity contribution in [3.8, 4) is 5.88 Å². The number of anilines is 1. The van der Waals surface area contributed by atoms with Gasteiger partial charge in [0.1, 0.15) is 5.69 Å². The summed E-state index contributed by atoms with van der Waals surface area (Å²) in [6.45, 7) is 4.44. The SMILES string of the molecule is Cl.Cl.Oc1nc(N2CCC(N3CCCC3)CC2)[nH]c1/C=C1\C=Nc2ncccc21. The van der Waals surface area contributed by atoms with Crippen molar-refractivity contribution in [2.45, 2.75) is 31.7 Å². The number of piperidine rings is 1. The van der Waals surface area contributed by atoms with Crippen LogP contribution in [0.5, 0.6) is 5.88 Å². The number of pyridine rings is 1. The van der Waals surface area contributed by atoms with Crippen LogP contribution in [0.4, 0.5) is 11.8 Å². The molecule has 2 aromatic rings. The maximum Gasteiger partial charge on any atom is 0.238 e. The molecule has 2 saturated heterocycles. The van der Waals surface area contributed by atoms with Gasteiger partial charge in [-0.3, -0.25) is 0 Å². The average molecular weight is 437 g/mol. The smallest absolute Gasteiger partial charge is 0.238 e. The number of H-pyrrole nitrogens is 1. The second kappa shape index (κ2) is 9.15. The van der Waals surface area contributed by atoms with E-state index >= 15 is 0 Å². The molecule has 0 unspecified atom stereocenters. The first-order valence-corrected chi connectivity index (χ1v) is 9.77. The van der Waals surface area contributed by atoms with Crippen molar-refractivity contribution < 1.29 is 5.11 Å². The molecule has 0 spiro atoms. The molecule has 5 heterocycles. The predicted molar refractivity (Wildman–Crippen MR) is 121 cm³/mol. The highest BCUT2D eigenvalue weighted by atomic mass is 35.5. The van der Waals surface area contributed by atoms with Gasteiger partial charge in [0.2, 0.25) is 11.8 Å². The van der Waals surface area contributed by atoms with Gasteiger partial charge in [-0.1, -0.05) is 0 Å². The van der Waals surface area contributed by atoms with E-state index in [-0.39, 0.29) is 30.7 Å². The Balaban J connectivity index is 0.00000120. The number of aromatic hydroxyl groups is 1. The van der Waals surface area contributed by atoms with Crippen LogP contribution >= 0.6 is 24.8 Å². The van der Waals surface area contributed by atoms with Gasteiger partial charge in [-0.05, 0) is 57.0 Å². The van der Waals surface area contributed by atoms with Crippen molar-refractivity contribution in [1.82, 2.24) is 19.9 Å². The zero-order chi connectivity index (χ0) is 18.2. The van der Waals surface area contributed by atoms with E-state index in [4.69, 9.17) is 0 Å².